The Bertz CT molecular complexity index is 1490. The number of ether oxygens (including phenoxy) is 2. The number of hydrogen-bond donors (Lipinski definition) is 0. The minimum absolute atomic E-state index is 0.156. The van der Waals surface area contributed by atoms with Gasteiger partial charge in [-0.05, 0) is 57.0 Å². The molecule has 1 aliphatic heterocycles. The van der Waals surface area contributed by atoms with Crippen LogP contribution in [0.3, 0.4) is 0 Å². The summed E-state index contributed by atoms with van der Waals surface area (Å²) in [5.41, 5.74) is 4.47. The molecule has 0 atom stereocenters. The molecule has 5 rings (SSSR count). The quantitative estimate of drug-likeness (QED) is 0.320. The lowest BCUT2D eigenvalue weighted by atomic mass is 10.0. The molecule has 1 amide bonds. The van der Waals surface area contributed by atoms with Gasteiger partial charge < -0.3 is 19.3 Å². The van der Waals surface area contributed by atoms with Crippen molar-refractivity contribution in [2.75, 3.05) is 31.1 Å². The van der Waals surface area contributed by atoms with Crippen LogP contribution in [0.5, 0.6) is 5.75 Å². The number of piperazine rings is 1. The SMILES string of the molecule is Cc1nn2ccc(-c3cnc(N4CCN(C(=O)OC(C)(C)C)CC4)nc3)cc2c1Cc1ccccc1OC(F)F. The van der Waals surface area contributed by atoms with Gasteiger partial charge in [-0.25, -0.2) is 19.3 Å². The number of fused-ring (bicyclic) bond motifs is 1. The van der Waals surface area contributed by atoms with Crippen LogP contribution in [0.25, 0.3) is 16.6 Å². The Kier molecular flexibility index (Phi) is 7.55. The summed E-state index contributed by atoms with van der Waals surface area (Å²) in [6.07, 6.45) is 5.52. The third-order valence-corrected chi connectivity index (χ3v) is 6.68. The minimum Gasteiger partial charge on any atom is -0.444 e. The number of halogens is 2. The molecule has 3 aromatic heterocycles. The highest BCUT2D eigenvalue weighted by atomic mass is 19.3. The van der Waals surface area contributed by atoms with E-state index in [2.05, 4.69) is 15.1 Å². The Morgan fingerprint density at radius 1 is 1.02 bits per heavy atom. The normalized spacial score (nSPS) is 14.2. The van der Waals surface area contributed by atoms with Crippen LogP contribution in [0.4, 0.5) is 19.5 Å². The van der Waals surface area contributed by atoms with E-state index in [1.165, 1.54) is 0 Å². The molecule has 1 fully saturated rings. The van der Waals surface area contributed by atoms with Crippen LogP contribution in [0, 0.1) is 6.92 Å². The van der Waals surface area contributed by atoms with Crippen LogP contribution in [0.15, 0.2) is 55.0 Å². The van der Waals surface area contributed by atoms with Gasteiger partial charge in [0.15, 0.2) is 0 Å². The van der Waals surface area contributed by atoms with Gasteiger partial charge in [0.1, 0.15) is 11.4 Å². The standard InChI is InChI=1S/C29H32F2N6O3/c1-19-23(15-21-7-5-6-8-25(21)39-26(30)31)24-16-20(9-10-37(24)34-19)22-17-32-27(33-18-22)35-11-13-36(14-12-35)28(38)40-29(2,3)4/h5-10,16-18,26H,11-15H2,1-4H3. The predicted molar refractivity (Wildman–Crippen MR) is 147 cm³/mol. The number of carbonyl (C=O) groups excluding carboxylic acids is 1. The molecule has 0 unspecified atom stereocenters. The van der Waals surface area contributed by atoms with Crippen molar-refractivity contribution in [3.05, 3.63) is 71.8 Å². The molecule has 1 aromatic carbocycles. The summed E-state index contributed by atoms with van der Waals surface area (Å²) in [6.45, 7) is 6.86. The zero-order valence-corrected chi connectivity index (χ0v) is 23.0. The number of aryl methyl sites for hydroxylation is 1. The average molecular weight is 551 g/mol. The summed E-state index contributed by atoms with van der Waals surface area (Å²) in [5.74, 6) is 0.758. The number of aromatic nitrogens is 4. The largest absolute Gasteiger partial charge is 0.444 e. The molecule has 0 radical (unpaired) electrons. The smallest absolute Gasteiger partial charge is 0.410 e. The van der Waals surface area contributed by atoms with Crippen molar-refractivity contribution in [3.63, 3.8) is 0 Å². The second-order valence-corrected chi connectivity index (χ2v) is 10.7. The Morgan fingerprint density at radius 3 is 2.40 bits per heavy atom. The maximum Gasteiger partial charge on any atom is 0.410 e. The van der Waals surface area contributed by atoms with Gasteiger partial charge in [-0.2, -0.15) is 13.9 Å². The van der Waals surface area contributed by atoms with E-state index in [-0.39, 0.29) is 11.8 Å². The molecular weight excluding hydrogens is 518 g/mol. The molecule has 4 heterocycles. The summed E-state index contributed by atoms with van der Waals surface area (Å²) in [7, 11) is 0. The predicted octanol–water partition coefficient (Wildman–Crippen LogP) is 5.35. The van der Waals surface area contributed by atoms with Crippen LogP contribution < -0.4 is 9.64 Å². The molecule has 4 aromatic rings. The van der Waals surface area contributed by atoms with Gasteiger partial charge in [-0.3, -0.25) is 0 Å². The Hall–Kier alpha value is -4.28. The average Bonchev–Trinajstić information content (AvgIpc) is 3.22. The van der Waals surface area contributed by atoms with E-state index < -0.39 is 12.2 Å². The summed E-state index contributed by atoms with van der Waals surface area (Å²) in [6, 6.07) is 10.7. The van der Waals surface area contributed by atoms with Crippen molar-refractivity contribution < 1.29 is 23.0 Å². The molecule has 0 aliphatic carbocycles. The van der Waals surface area contributed by atoms with Crippen LogP contribution in [-0.4, -0.2) is 69.0 Å². The van der Waals surface area contributed by atoms with E-state index in [9.17, 15) is 13.6 Å². The van der Waals surface area contributed by atoms with Crippen LogP contribution in [-0.2, 0) is 11.2 Å². The fourth-order valence-corrected chi connectivity index (χ4v) is 4.71. The van der Waals surface area contributed by atoms with Crippen LogP contribution >= 0.6 is 0 Å². The van der Waals surface area contributed by atoms with Gasteiger partial charge in [0.2, 0.25) is 5.95 Å². The zero-order chi connectivity index (χ0) is 28.4. The Morgan fingerprint density at radius 2 is 1.73 bits per heavy atom. The van der Waals surface area contributed by atoms with Crippen molar-refractivity contribution in [2.45, 2.75) is 46.3 Å². The van der Waals surface area contributed by atoms with E-state index in [1.807, 2.05) is 50.9 Å². The summed E-state index contributed by atoms with van der Waals surface area (Å²) >= 11 is 0. The highest BCUT2D eigenvalue weighted by molar-refractivity contribution is 5.71. The number of hydrogen-bond acceptors (Lipinski definition) is 7. The number of carbonyl (C=O) groups is 1. The topological polar surface area (TPSA) is 85.1 Å². The minimum atomic E-state index is -2.89. The fraction of sp³-hybridized carbons (Fsp3) is 0.379. The van der Waals surface area contributed by atoms with Gasteiger partial charge in [-0.1, -0.05) is 18.2 Å². The lowest BCUT2D eigenvalue weighted by molar-refractivity contribution is -0.0503. The van der Waals surface area contributed by atoms with E-state index in [1.54, 1.807) is 46.1 Å². The second-order valence-electron chi connectivity index (χ2n) is 10.7. The molecule has 0 saturated carbocycles. The van der Waals surface area contributed by atoms with Gasteiger partial charge >= 0.3 is 12.7 Å². The van der Waals surface area contributed by atoms with Crippen molar-refractivity contribution in [3.8, 4) is 16.9 Å². The zero-order valence-electron chi connectivity index (χ0n) is 23.0. The van der Waals surface area contributed by atoms with Crippen molar-refractivity contribution in [1.82, 2.24) is 24.5 Å². The first-order valence-corrected chi connectivity index (χ1v) is 13.1. The maximum absolute atomic E-state index is 12.9. The third-order valence-electron chi connectivity index (χ3n) is 6.68. The molecule has 1 saturated heterocycles. The number of nitrogens with zero attached hydrogens (tertiary/aromatic N) is 6. The summed E-state index contributed by atoms with van der Waals surface area (Å²) in [4.78, 5) is 25.3. The van der Waals surface area contributed by atoms with Crippen LogP contribution in [0.1, 0.15) is 37.6 Å². The highest BCUT2D eigenvalue weighted by Crippen LogP contribution is 2.29. The number of pyridine rings is 1. The monoisotopic (exact) mass is 550 g/mol. The molecule has 0 N–H and O–H groups in total. The Balaban J connectivity index is 1.32. The molecule has 11 heteroatoms. The first-order chi connectivity index (χ1) is 19.1. The van der Waals surface area contributed by atoms with Gasteiger partial charge in [-0.15, -0.1) is 0 Å². The lowest BCUT2D eigenvalue weighted by Gasteiger charge is -2.35. The number of rotatable bonds is 6. The van der Waals surface area contributed by atoms with Crippen molar-refractivity contribution in [2.24, 2.45) is 0 Å². The molecule has 0 spiro atoms. The molecular formula is C29H32F2N6O3. The molecule has 210 valence electrons. The lowest BCUT2D eigenvalue weighted by Crippen LogP contribution is -2.50. The van der Waals surface area contributed by atoms with Crippen molar-refractivity contribution >= 4 is 17.6 Å². The number of benzene rings is 1. The molecule has 0 bridgehead atoms. The first kappa shape index (κ1) is 27.3. The fourth-order valence-electron chi connectivity index (χ4n) is 4.71. The highest BCUT2D eigenvalue weighted by Gasteiger charge is 2.26. The van der Waals surface area contributed by atoms with E-state index in [0.29, 0.717) is 44.1 Å². The van der Waals surface area contributed by atoms with Gasteiger partial charge in [0, 0.05) is 62.3 Å². The molecule has 40 heavy (non-hydrogen) atoms. The summed E-state index contributed by atoms with van der Waals surface area (Å²) < 4.78 is 37.8. The van der Waals surface area contributed by atoms with E-state index in [4.69, 9.17) is 9.47 Å². The molecule has 1 aliphatic rings. The number of para-hydroxylation sites is 1. The maximum atomic E-state index is 12.9. The first-order valence-electron chi connectivity index (χ1n) is 13.1. The second kappa shape index (κ2) is 11.1. The van der Waals surface area contributed by atoms with Crippen molar-refractivity contribution in [1.29, 1.82) is 0 Å². The summed E-state index contributed by atoms with van der Waals surface area (Å²) in [5, 5.41) is 4.60. The van der Waals surface area contributed by atoms with Gasteiger partial charge in [0.25, 0.3) is 0 Å². The van der Waals surface area contributed by atoms with E-state index >= 15 is 0 Å². The number of amides is 1. The van der Waals surface area contributed by atoms with E-state index in [0.717, 1.165) is 27.9 Å². The third kappa shape index (κ3) is 6.13. The number of alkyl halides is 2. The number of anilines is 1. The molecule has 9 nitrogen and oxygen atoms in total. The van der Waals surface area contributed by atoms with Gasteiger partial charge in [0.05, 0.1) is 11.2 Å². The Labute approximate surface area is 231 Å². The van der Waals surface area contributed by atoms with Crippen LogP contribution in [0.2, 0.25) is 0 Å².